The third-order valence-corrected chi connectivity index (χ3v) is 3.52. The molecule has 0 atom stereocenters. The summed E-state index contributed by atoms with van der Waals surface area (Å²) in [6.07, 6.45) is 0. The average molecular weight is 287 g/mol. The summed E-state index contributed by atoms with van der Waals surface area (Å²) in [5.41, 5.74) is 0. The van der Waals surface area contributed by atoms with Crippen LogP contribution in [-0.2, 0) is 0 Å². The van der Waals surface area contributed by atoms with E-state index in [2.05, 4.69) is 15.9 Å². The Morgan fingerprint density at radius 3 is 2.80 bits per heavy atom. The van der Waals surface area contributed by atoms with Crippen LogP contribution >= 0.6 is 27.3 Å². The smallest absolute Gasteiger partial charge is 0.345 e. The van der Waals surface area contributed by atoms with E-state index in [1.54, 1.807) is 13.2 Å². The Morgan fingerprint density at radius 2 is 2.20 bits per heavy atom. The van der Waals surface area contributed by atoms with Crippen LogP contribution in [0, 0.1) is 0 Å². The van der Waals surface area contributed by atoms with E-state index < -0.39 is 5.97 Å². The number of aromatic carboxylic acids is 1. The summed E-state index contributed by atoms with van der Waals surface area (Å²) >= 11 is 4.59. The highest BCUT2D eigenvalue weighted by molar-refractivity contribution is 9.10. The largest absolute Gasteiger partial charge is 0.496 e. The van der Waals surface area contributed by atoms with Crippen LogP contribution in [0.25, 0.3) is 10.1 Å². The fourth-order valence-electron chi connectivity index (χ4n) is 1.35. The van der Waals surface area contributed by atoms with E-state index >= 15 is 0 Å². The molecule has 5 heteroatoms. The van der Waals surface area contributed by atoms with Crippen molar-refractivity contribution in [2.24, 2.45) is 0 Å². The number of carboxylic acid groups (broad SMARTS) is 1. The normalized spacial score (nSPS) is 10.5. The van der Waals surface area contributed by atoms with Crippen LogP contribution in [0.4, 0.5) is 0 Å². The van der Waals surface area contributed by atoms with Crippen LogP contribution in [0.2, 0.25) is 0 Å². The van der Waals surface area contributed by atoms with Gasteiger partial charge < -0.3 is 9.84 Å². The van der Waals surface area contributed by atoms with Gasteiger partial charge in [-0.05, 0) is 18.2 Å². The molecule has 1 heterocycles. The van der Waals surface area contributed by atoms with Crippen LogP contribution in [0.5, 0.6) is 5.75 Å². The van der Waals surface area contributed by atoms with Gasteiger partial charge in [-0.15, -0.1) is 11.3 Å². The van der Waals surface area contributed by atoms with Crippen LogP contribution < -0.4 is 4.74 Å². The van der Waals surface area contributed by atoms with Crippen molar-refractivity contribution in [3.63, 3.8) is 0 Å². The van der Waals surface area contributed by atoms with E-state index in [1.807, 2.05) is 12.1 Å². The fourth-order valence-corrected chi connectivity index (χ4v) is 2.89. The highest BCUT2D eigenvalue weighted by atomic mass is 79.9. The van der Waals surface area contributed by atoms with Gasteiger partial charge in [-0.2, -0.15) is 0 Å². The van der Waals surface area contributed by atoms with Crippen molar-refractivity contribution in [1.82, 2.24) is 0 Å². The number of carbonyl (C=O) groups is 1. The van der Waals surface area contributed by atoms with Gasteiger partial charge in [0.2, 0.25) is 0 Å². The van der Waals surface area contributed by atoms with Crippen LogP contribution in [-0.4, -0.2) is 18.2 Å². The molecule has 1 aromatic heterocycles. The van der Waals surface area contributed by atoms with E-state index in [0.717, 1.165) is 14.6 Å². The highest BCUT2D eigenvalue weighted by Gasteiger charge is 2.12. The lowest BCUT2D eigenvalue weighted by Gasteiger charge is -2.01. The Morgan fingerprint density at radius 1 is 1.47 bits per heavy atom. The van der Waals surface area contributed by atoms with E-state index in [0.29, 0.717) is 10.6 Å². The molecule has 2 aromatic rings. The lowest BCUT2D eigenvalue weighted by atomic mass is 10.2. The number of rotatable bonds is 2. The number of thiophene rings is 1. The molecular weight excluding hydrogens is 280 g/mol. The van der Waals surface area contributed by atoms with Gasteiger partial charge in [-0.3, -0.25) is 0 Å². The monoisotopic (exact) mass is 286 g/mol. The Labute approximate surface area is 98.4 Å². The summed E-state index contributed by atoms with van der Waals surface area (Å²) < 4.78 is 6.97. The maximum Gasteiger partial charge on any atom is 0.345 e. The molecule has 0 aliphatic rings. The van der Waals surface area contributed by atoms with E-state index in [9.17, 15) is 4.79 Å². The topological polar surface area (TPSA) is 46.5 Å². The first-order valence-electron chi connectivity index (χ1n) is 4.12. The van der Waals surface area contributed by atoms with Gasteiger partial charge in [-0.25, -0.2) is 4.79 Å². The first-order chi connectivity index (χ1) is 7.11. The lowest BCUT2D eigenvalue weighted by Crippen LogP contribution is -1.89. The van der Waals surface area contributed by atoms with Crippen molar-refractivity contribution in [2.75, 3.05) is 7.11 Å². The highest BCUT2D eigenvalue weighted by Crippen LogP contribution is 2.35. The van der Waals surface area contributed by atoms with Crippen molar-refractivity contribution < 1.29 is 14.6 Å². The average Bonchev–Trinajstić information content (AvgIpc) is 2.59. The van der Waals surface area contributed by atoms with Gasteiger partial charge in [0.25, 0.3) is 0 Å². The van der Waals surface area contributed by atoms with Gasteiger partial charge >= 0.3 is 5.97 Å². The summed E-state index contributed by atoms with van der Waals surface area (Å²) in [4.78, 5) is 11.1. The van der Waals surface area contributed by atoms with Crippen molar-refractivity contribution in [2.45, 2.75) is 0 Å². The van der Waals surface area contributed by atoms with Gasteiger partial charge in [0.05, 0.1) is 7.11 Å². The molecule has 2 rings (SSSR count). The molecule has 0 aliphatic carbocycles. The standard InChI is InChI=1S/C10H7BrO3S/c1-14-7-2-5(11)3-8-6(7)4-9(15-8)10(12)13/h2-4H,1H3,(H,12,13). The minimum absolute atomic E-state index is 0.321. The van der Waals surface area contributed by atoms with Crippen molar-refractivity contribution >= 4 is 43.3 Å². The molecule has 0 amide bonds. The predicted octanol–water partition coefficient (Wildman–Crippen LogP) is 3.37. The molecule has 78 valence electrons. The minimum Gasteiger partial charge on any atom is -0.496 e. The van der Waals surface area contributed by atoms with Crippen LogP contribution in [0.3, 0.4) is 0 Å². The summed E-state index contributed by atoms with van der Waals surface area (Å²) in [7, 11) is 1.57. The summed E-state index contributed by atoms with van der Waals surface area (Å²) in [5.74, 6) is -0.225. The molecule has 0 saturated carbocycles. The fraction of sp³-hybridized carbons (Fsp3) is 0.100. The molecule has 0 radical (unpaired) electrons. The minimum atomic E-state index is -0.908. The molecule has 3 nitrogen and oxygen atoms in total. The van der Waals surface area contributed by atoms with Gasteiger partial charge in [0.1, 0.15) is 10.6 Å². The molecule has 0 unspecified atom stereocenters. The van der Waals surface area contributed by atoms with Gasteiger partial charge in [0, 0.05) is 14.6 Å². The molecule has 15 heavy (non-hydrogen) atoms. The summed E-state index contributed by atoms with van der Waals surface area (Å²) in [6, 6.07) is 5.34. The van der Waals surface area contributed by atoms with Crippen molar-refractivity contribution in [3.05, 3.63) is 27.5 Å². The van der Waals surface area contributed by atoms with Crippen molar-refractivity contribution in [3.8, 4) is 5.75 Å². The second-order valence-corrected chi connectivity index (χ2v) is 4.94. The third-order valence-electron chi connectivity index (χ3n) is 1.99. The van der Waals surface area contributed by atoms with Gasteiger partial charge in [-0.1, -0.05) is 15.9 Å². The van der Waals surface area contributed by atoms with E-state index in [4.69, 9.17) is 9.84 Å². The predicted molar refractivity (Wildman–Crippen MR) is 63.0 cm³/mol. The molecular formula is C10H7BrO3S. The van der Waals surface area contributed by atoms with Crippen LogP contribution in [0.1, 0.15) is 9.67 Å². The number of methoxy groups -OCH3 is 1. The Hall–Kier alpha value is -1.07. The molecule has 1 aromatic carbocycles. The van der Waals surface area contributed by atoms with E-state index in [-0.39, 0.29) is 0 Å². The Kier molecular flexibility index (Phi) is 2.67. The molecule has 0 bridgehead atoms. The van der Waals surface area contributed by atoms with E-state index in [1.165, 1.54) is 11.3 Å². The third kappa shape index (κ3) is 1.85. The number of halogens is 1. The second kappa shape index (κ2) is 3.83. The first-order valence-corrected chi connectivity index (χ1v) is 5.73. The van der Waals surface area contributed by atoms with Crippen LogP contribution in [0.15, 0.2) is 22.7 Å². The molecule has 0 saturated heterocycles. The number of hydrogen-bond acceptors (Lipinski definition) is 3. The Balaban J connectivity index is 2.74. The zero-order chi connectivity index (χ0) is 11.0. The zero-order valence-corrected chi connectivity index (χ0v) is 10.2. The first kappa shape index (κ1) is 10.4. The quantitative estimate of drug-likeness (QED) is 0.921. The summed E-state index contributed by atoms with van der Waals surface area (Å²) in [6.45, 7) is 0. The number of benzene rings is 1. The van der Waals surface area contributed by atoms with Gasteiger partial charge in [0.15, 0.2) is 0 Å². The zero-order valence-electron chi connectivity index (χ0n) is 7.78. The summed E-state index contributed by atoms with van der Waals surface area (Å²) in [5, 5.41) is 9.71. The maximum absolute atomic E-state index is 10.8. The number of ether oxygens (including phenoxy) is 1. The molecule has 1 N–H and O–H groups in total. The number of hydrogen-bond donors (Lipinski definition) is 1. The van der Waals surface area contributed by atoms with Crippen molar-refractivity contribution in [1.29, 1.82) is 0 Å². The SMILES string of the molecule is COc1cc(Br)cc2sc(C(=O)O)cc12. The maximum atomic E-state index is 10.8. The second-order valence-electron chi connectivity index (χ2n) is 2.94. The molecule has 0 aliphatic heterocycles. The number of fused-ring (bicyclic) bond motifs is 1. The number of carboxylic acids is 1. The lowest BCUT2D eigenvalue weighted by molar-refractivity contribution is 0.0702. The molecule has 0 spiro atoms. The molecule has 0 fully saturated rings. The Bertz CT molecular complexity index is 533.